The van der Waals surface area contributed by atoms with E-state index in [4.69, 9.17) is 19.9 Å². The van der Waals surface area contributed by atoms with Gasteiger partial charge in [-0.25, -0.2) is 14.6 Å². The number of rotatable bonds is 14. The molecule has 18 heteroatoms. The number of alkyl carbamates (subject to hydrolysis) is 1. The summed E-state index contributed by atoms with van der Waals surface area (Å²) in [6, 6.07) is 1.93. The Morgan fingerprint density at radius 2 is 1.57 bits per heavy atom. The van der Waals surface area contributed by atoms with Crippen LogP contribution in [0.25, 0.3) is 0 Å². The molecule has 6 amide bonds. The molecule has 1 aliphatic heterocycles. The average Bonchev–Trinajstić information content (AvgIpc) is 3.74. The first-order valence-corrected chi connectivity index (χ1v) is 17.1. The lowest BCUT2D eigenvalue weighted by atomic mass is 10.0. The Hall–Kier alpha value is -5.68. The maximum absolute atomic E-state index is 13.4. The number of amides is 6. The van der Waals surface area contributed by atoms with Crippen LogP contribution in [-0.2, 0) is 46.3 Å². The van der Waals surface area contributed by atoms with Crippen LogP contribution in [0.3, 0.4) is 0 Å². The number of aromatic nitrogens is 2. The summed E-state index contributed by atoms with van der Waals surface area (Å²) in [6.45, 7) is 11.2. The predicted molar refractivity (Wildman–Crippen MR) is 189 cm³/mol. The lowest BCUT2D eigenvalue weighted by Crippen LogP contribution is -2.56. The third-order valence-corrected chi connectivity index (χ3v) is 7.61. The van der Waals surface area contributed by atoms with E-state index in [0.717, 1.165) is 0 Å². The van der Waals surface area contributed by atoms with E-state index in [0.29, 0.717) is 30.6 Å². The number of H-pyrrole nitrogens is 1. The van der Waals surface area contributed by atoms with Gasteiger partial charge in [0.05, 0.1) is 12.9 Å². The van der Waals surface area contributed by atoms with Crippen molar-refractivity contribution >= 4 is 41.8 Å². The molecule has 0 aliphatic carbocycles. The van der Waals surface area contributed by atoms with Gasteiger partial charge in [-0.3, -0.25) is 24.0 Å². The van der Waals surface area contributed by atoms with Gasteiger partial charge in [-0.2, -0.15) is 0 Å². The molecule has 3 rings (SSSR count). The van der Waals surface area contributed by atoms with E-state index in [-0.39, 0.29) is 18.6 Å². The topological polar surface area (TPSA) is 253 Å². The molecule has 7 N–H and O–H groups in total. The van der Waals surface area contributed by atoms with E-state index in [2.05, 4.69) is 31.2 Å². The number of benzene rings is 1. The number of carbonyl (C=O) groups is 7. The summed E-state index contributed by atoms with van der Waals surface area (Å²) in [5.41, 5.74) is 5.00. The average molecular weight is 743 g/mol. The van der Waals surface area contributed by atoms with Gasteiger partial charge in [0, 0.05) is 31.3 Å². The van der Waals surface area contributed by atoms with E-state index >= 15 is 0 Å². The Morgan fingerprint density at radius 1 is 0.906 bits per heavy atom. The SMILES string of the molecule is C[C@H](NC(=O)[C@@H](Cc1ccc(OC(=O)OC(C)(C)C)cc1)NC(=O)OC(C)(C)C)C(=O)NCC(=O)N[C@H](Cc1cnc[nH]1)C(=O)N1CCC[C@@H]1C(N)=O. The van der Waals surface area contributed by atoms with Crippen LogP contribution in [0.15, 0.2) is 36.8 Å². The highest BCUT2D eigenvalue weighted by atomic mass is 16.7. The van der Waals surface area contributed by atoms with Gasteiger partial charge in [-0.15, -0.1) is 0 Å². The van der Waals surface area contributed by atoms with Crippen molar-refractivity contribution in [1.29, 1.82) is 0 Å². The fourth-order valence-electron chi connectivity index (χ4n) is 5.24. The minimum absolute atomic E-state index is 0.0338. The molecule has 1 aliphatic rings. The van der Waals surface area contributed by atoms with Crippen LogP contribution in [0.4, 0.5) is 9.59 Å². The monoisotopic (exact) mass is 742 g/mol. The third kappa shape index (κ3) is 14.1. The number of nitrogens with one attached hydrogen (secondary N) is 5. The Labute approximate surface area is 307 Å². The van der Waals surface area contributed by atoms with Crippen molar-refractivity contribution in [3.05, 3.63) is 48.0 Å². The van der Waals surface area contributed by atoms with Crippen LogP contribution in [0.1, 0.15) is 72.6 Å². The second kappa shape index (κ2) is 18.2. The minimum Gasteiger partial charge on any atom is -0.444 e. The molecule has 0 bridgehead atoms. The molecule has 0 unspecified atom stereocenters. The highest BCUT2D eigenvalue weighted by Crippen LogP contribution is 2.19. The Morgan fingerprint density at radius 3 is 2.15 bits per heavy atom. The fourth-order valence-corrected chi connectivity index (χ4v) is 5.24. The van der Waals surface area contributed by atoms with Gasteiger partial charge in [0.25, 0.3) is 0 Å². The first kappa shape index (κ1) is 41.7. The van der Waals surface area contributed by atoms with Gasteiger partial charge in [-0.05, 0) is 79.0 Å². The Kier molecular flexibility index (Phi) is 14.3. The summed E-state index contributed by atoms with van der Waals surface area (Å²) in [7, 11) is 0. The molecule has 1 aromatic carbocycles. The molecule has 2 aromatic rings. The number of aromatic amines is 1. The van der Waals surface area contributed by atoms with Gasteiger partial charge in [-0.1, -0.05) is 12.1 Å². The fraction of sp³-hybridized carbons (Fsp3) is 0.543. The molecular formula is C35H50N8O10. The summed E-state index contributed by atoms with van der Waals surface area (Å²) in [5.74, 6) is -3.10. The Balaban J connectivity index is 1.63. The van der Waals surface area contributed by atoms with Crippen molar-refractivity contribution in [3.63, 3.8) is 0 Å². The van der Waals surface area contributed by atoms with Crippen LogP contribution in [0, 0.1) is 0 Å². The van der Waals surface area contributed by atoms with Gasteiger partial charge in [0.2, 0.25) is 29.5 Å². The lowest BCUT2D eigenvalue weighted by Gasteiger charge is -2.27. The van der Waals surface area contributed by atoms with Gasteiger partial charge >= 0.3 is 12.2 Å². The molecule has 1 saturated heterocycles. The third-order valence-electron chi connectivity index (χ3n) is 7.61. The van der Waals surface area contributed by atoms with E-state index in [1.54, 1.807) is 53.7 Å². The zero-order valence-corrected chi connectivity index (χ0v) is 31.1. The number of imidazole rings is 1. The van der Waals surface area contributed by atoms with Crippen LogP contribution < -0.4 is 31.7 Å². The predicted octanol–water partition coefficient (Wildman–Crippen LogP) is 0.984. The second-order valence-corrected chi connectivity index (χ2v) is 14.6. The number of hydrogen-bond donors (Lipinski definition) is 6. The number of ether oxygens (including phenoxy) is 3. The molecule has 1 aromatic heterocycles. The van der Waals surface area contributed by atoms with Crippen LogP contribution >= 0.6 is 0 Å². The van der Waals surface area contributed by atoms with Crippen molar-refractivity contribution in [2.45, 2.75) is 110 Å². The molecule has 0 spiro atoms. The molecule has 0 radical (unpaired) electrons. The second-order valence-electron chi connectivity index (χ2n) is 14.6. The van der Waals surface area contributed by atoms with Gasteiger partial charge in [0.1, 0.15) is 41.1 Å². The molecule has 0 saturated carbocycles. The van der Waals surface area contributed by atoms with Crippen molar-refractivity contribution in [2.24, 2.45) is 5.73 Å². The standard InChI is InChI=1S/C35H50N8O10/c1-20(29(46)38-18-27(44)41-25(16-22-17-37-19-39-22)31(48)43-14-8-9-26(43)28(36)45)40-30(47)24(42-32(49)52-34(2,3)4)15-21-10-12-23(13-11-21)51-33(50)53-35(5,6)7/h10-13,17,19-20,24-26H,8-9,14-16,18H2,1-7H3,(H2,36,45)(H,37,39)(H,38,46)(H,40,47)(H,41,44)(H,42,49)/t20-,24+,25+,26+/m0/s1. The number of primary amides is 1. The Bertz CT molecular complexity index is 1620. The molecule has 4 atom stereocenters. The number of nitrogens with two attached hydrogens (primary N) is 1. The zero-order chi connectivity index (χ0) is 39.5. The van der Waals surface area contributed by atoms with Crippen LogP contribution in [-0.4, -0.2) is 105 Å². The zero-order valence-electron chi connectivity index (χ0n) is 31.1. The summed E-state index contributed by atoms with van der Waals surface area (Å²) in [5, 5.41) is 10.1. The first-order valence-electron chi connectivity index (χ1n) is 17.1. The van der Waals surface area contributed by atoms with Crippen molar-refractivity contribution in [1.82, 2.24) is 36.1 Å². The maximum atomic E-state index is 13.4. The summed E-state index contributed by atoms with van der Waals surface area (Å²) >= 11 is 0. The maximum Gasteiger partial charge on any atom is 0.514 e. The molecular weight excluding hydrogens is 692 g/mol. The molecule has 2 heterocycles. The summed E-state index contributed by atoms with van der Waals surface area (Å²) in [4.78, 5) is 97.5. The van der Waals surface area contributed by atoms with E-state index in [9.17, 15) is 33.6 Å². The highest BCUT2D eigenvalue weighted by Gasteiger charge is 2.37. The largest absolute Gasteiger partial charge is 0.514 e. The minimum atomic E-state index is -1.20. The number of nitrogens with zero attached hydrogens (tertiary/aromatic N) is 2. The summed E-state index contributed by atoms with van der Waals surface area (Å²) < 4.78 is 15.7. The first-order chi connectivity index (χ1) is 24.7. The number of likely N-dealkylation sites (tertiary alicyclic amines) is 1. The van der Waals surface area contributed by atoms with Crippen molar-refractivity contribution < 1.29 is 47.8 Å². The van der Waals surface area contributed by atoms with Gasteiger partial charge in [0.15, 0.2) is 0 Å². The molecule has 1 fully saturated rings. The van der Waals surface area contributed by atoms with Gasteiger partial charge < -0.3 is 51.1 Å². The van der Waals surface area contributed by atoms with Crippen molar-refractivity contribution in [2.75, 3.05) is 13.1 Å². The number of hydrogen-bond acceptors (Lipinski definition) is 11. The van der Waals surface area contributed by atoms with Crippen LogP contribution in [0.5, 0.6) is 5.75 Å². The highest BCUT2D eigenvalue weighted by molar-refractivity contribution is 5.95. The molecule has 53 heavy (non-hydrogen) atoms. The smallest absolute Gasteiger partial charge is 0.444 e. The number of carbonyl (C=O) groups excluding carboxylic acids is 7. The van der Waals surface area contributed by atoms with Crippen molar-refractivity contribution in [3.8, 4) is 5.75 Å². The van der Waals surface area contributed by atoms with E-state index in [1.807, 2.05) is 0 Å². The quantitative estimate of drug-likeness (QED) is 0.118. The van der Waals surface area contributed by atoms with E-state index < -0.39 is 83.7 Å². The normalized spacial score (nSPS) is 16.0. The lowest BCUT2D eigenvalue weighted by molar-refractivity contribution is -0.140. The molecule has 18 nitrogen and oxygen atoms in total. The summed E-state index contributed by atoms with van der Waals surface area (Å²) in [6.07, 6.45) is 2.16. The molecule has 290 valence electrons. The van der Waals surface area contributed by atoms with Crippen LogP contribution in [0.2, 0.25) is 0 Å². The van der Waals surface area contributed by atoms with E-state index in [1.165, 1.54) is 36.5 Å².